The van der Waals surface area contributed by atoms with Gasteiger partial charge in [0.1, 0.15) is 0 Å². The first-order valence-electron chi connectivity index (χ1n) is 6.27. The smallest absolute Gasteiger partial charge is 0.300 e. The molecule has 0 spiro atoms. The van der Waals surface area contributed by atoms with Crippen molar-refractivity contribution in [1.82, 2.24) is 0 Å². The number of aliphatic carboxylic acids is 4. The van der Waals surface area contributed by atoms with Gasteiger partial charge in [0, 0.05) is 27.7 Å². The van der Waals surface area contributed by atoms with Crippen LogP contribution >= 0.6 is 0 Å². The first kappa shape index (κ1) is 34.1. The van der Waals surface area contributed by atoms with Gasteiger partial charge in [0.25, 0.3) is 23.9 Å². The second-order valence-electron chi connectivity index (χ2n) is 4.55. The Morgan fingerprint density at radius 1 is 0.600 bits per heavy atom. The van der Waals surface area contributed by atoms with Gasteiger partial charge in [0.2, 0.25) is 0 Å². The monoisotopic (exact) mass is 374 g/mol. The third kappa shape index (κ3) is 620. The highest BCUT2D eigenvalue weighted by Crippen LogP contribution is 1.99. The number of nitrogens with two attached hydrogens (primary N) is 4. The molecule has 0 atom stereocenters. The molecule has 0 heterocycles. The fourth-order valence-electron chi connectivity index (χ4n) is 0.474. The number of hydrogen-bond acceptors (Lipinski definition) is 9. The van der Waals surface area contributed by atoms with Crippen LogP contribution in [0.25, 0.3) is 0 Å². The number of carbonyl (C=O) groups is 4. The van der Waals surface area contributed by atoms with Crippen molar-refractivity contribution in [3.05, 3.63) is 0 Å². The van der Waals surface area contributed by atoms with Gasteiger partial charge in [-0.2, -0.15) is 0 Å². The van der Waals surface area contributed by atoms with E-state index in [2.05, 4.69) is 0 Å². The fraction of sp³-hybridized carbons (Fsp3) is 0.667. The molecule has 13 nitrogen and oxygen atoms in total. The Hall–Kier alpha value is -2.32. The van der Waals surface area contributed by atoms with Gasteiger partial charge in [-0.25, -0.2) is 0 Å². The molecule has 0 bridgehead atoms. The quantitative estimate of drug-likeness (QED) is 0.257. The standard InChI is InChI=1S/C4H14N4O.4C2H4O2/c1-3(5,6)9-4(2,7)8;4*1-2(3)4/h5-8H2,1-2H3;4*1H3,(H,3,4). The zero-order valence-electron chi connectivity index (χ0n) is 15.1. The lowest BCUT2D eigenvalue weighted by molar-refractivity contribution is -0.135. The molecule has 0 amide bonds. The number of ether oxygens (including phenoxy) is 1. The van der Waals surface area contributed by atoms with Crippen molar-refractivity contribution in [2.45, 2.75) is 53.2 Å². The van der Waals surface area contributed by atoms with Crippen LogP contribution < -0.4 is 22.9 Å². The highest BCUT2D eigenvalue weighted by atomic mass is 16.6. The van der Waals surface area contributed by atoms with Gasteiger partial charge in [-0.1, -0.05) is 0 Å². The van der Waals surface area contributed by atoms with E-state index in [0.29, 0.717) is 0 Å². The van der Waals surface area contributed by atoms with Crippen molar-refractivity contribution in [2.75, 3.05) is 0 Å². The molecule has 0 aromatic carbocycles. The molecule has 0 aliphatic carbocycles. The minimum atomic E-state index is -1.27. The van der Waals surface area contributed by atoms with Gasteiger partial charge < -0.3 is 25.2 Å². The van der Waals surface area contributed by atoms with E-state index < -0.39 is 35.6 Å². The summed E-state index contributed by atoms with van der Waals surface area (Å²) in [6, 6.07) is 0. The van der Waals surface area contributed by atoms with Crippen LogP contribution in [0.4, 0.5) is 0 Å². The maximum absolute atomic E-state index is 9.00. The molecule has 12 N–H and O–H groups in total. The second kappa shape index (κ2) is 18.0. The Morgan fingerprint density at radius 2 is 0.680 bits per heavy atom. The topological polar surface area (TPSA) is 263 Å². The van der Waals surface area contributed by atoms with E-state index in [1.807, 2.05) is 0 Å². The van der Waals surface area contributed by atoms with E-state index in [4.69, 9.17) is 67.3 Å². The molecule has 0 aliphatic heterocycles. The van der Waals surface area contributed by atoms with Crippen molar-refractivity contribution < 1.29 is 44.3 Å². The normalized spacial score (nSPS) is 9.04. The van der Waals surface area contributed by atoms with E-state index in [9.17, 15) is 0 Å². The van der Waals surface area contributed by atoms with Gasteiger partial charge in [-0.3, -0.25) is 42.1 Å². The molecule has 0 saturated heterocycles. The molecule has 0 rings (SSSR count). The molecule has 13 heteroatoms. The van der Waals surface area contributed by atoms with Crippen LogP contribution in [-0.2, 0) is 23.9 Å². The molecule has 152 valence electrons. The van der Waals surface area contributed by atoms with Crippen molar-refractivity contribution >= 4 is 23.9 Å². The van der Waals surface area contributed by atoms with Crippen LogP contribution in [0.3, 0.4) is 0 Å². The number of rotatable bonds is 2. The van der Waals surface area contributed by atoms with E-state index in [0.717, 1.165) is 27.7 Å². The first-order valence-corrected chi connectivity index (χ1v) is 6.27. The minimum absolute atomic E-state index is 0.833. The van der Waals surface area contributed by atoms with Crippen molar-refractivity contribution in [2.24, 2.45) is 22.9 Å². The van der Waals surface area contributed by atoms with Crippen LogP contribution in [-0.4, -0.2) is 56.0 Å². The highest BCUT2D eigenvalue weighted by molar-refractivity contribution is 5.63. The zero-order valence-corrected chi connectivity index (χ0v) is 15.1. The van der Waals surface area contributed by atoms with Gasteiger partial charge in [0.15, 0.2) is 11.7 Å². The Labute approximate surface area is 145 Å². The molecule has 0 unspecified atom stereocenters. The SMILES string of the molecule is CC(=O)O.CC(=O)O.CC(=O)O.CC(=O)O.CC(N)(N)OC(C)(N)N. The molecule has 0 radical (unpaired) electrons. The van der Waals surface area contributed by atoms with Gasteiger partial charge in [-0.05, 0) is 13.8 Å². The average molecular weight is 374 g/mol. The van der Waals surface area contributed by atoms with Crippen molar-refractivity contribution in [3.63, 3.8) is 0 Å². The first-order chi connectivity index (χ1) is 10.6. The van der Waals surface area contributed by atoms with Crippen LogP contribution in [0.15, 0.2) is 0 Å². The van der Waals surface area contributed by atoms with Gasteiger partial charge in [0.05, 0.1) is 0 Å². The van der Waals surface area contributed by atoms with E-state index in [1.165, 1.54) is 13.8 Å². The second-order valence-corrected chi connectivity index (χ2v) is 4.55. The summed E-state index contributed by atoms with van der Waals surface area (Å²) < 4.78 is 4.74. The summed E-state index contributed by atoms with van der Waals surface area (Å²) in [6.45, 7) is 7.26. The van der Waals surface area contributed by atoms with E-state index >= 15 is 0 Å². The Bertz CT molecular complexity index is 311. The predicted molar refractivity (Wildman–Crippen MR) is 87.9 cm³/mol. The summed E-state index contributed by atoms with van der Waals surface area (Å²) in [5, 5.41) is 29.7. The van der Waals surface area contributed by atoms with Gasteiger partial charge in [-0.15, -0.1) is 0 Å². The Morgan fingerprint density at radius 3 is 0.680 bits per heavy atom. The van der Waals surface area contributed by atoms with Crippen LogP contribution in [0.5, 0.6) is 0 Å². The van der Waals surface area contributed by atoms with Crippen LogP contribution in [0.1, 0.15) is 41.5 Å². The lowest BCUT2D eigenvalue weighted by atomic mass is 10.4. The lowest BCUT2D eigenvalue weighted by Crippen LogP contribution is -2.61. The predicted octanol–water partition coefficient (Wildman–Crippen LogP) is -1.45. The molecule has 25 heavy (non-hydrogen) atoms. The average Bonchev–Trinajstić information content (AvgIpc) is 2.04. The zero-order chi connectivity index (χ0) is 22.0. The highest BCUT2D eigenvalue weighted by Gasteiger charge is 2.22. The molecule has 0 aromatic heterocycles. The molecular formula is C12H30N4O9. The Balaban J connectivity index is -0.0000000714. The summed E-state index contributed by atoms with van der Waals surface area (Å²) in [5.74, 6) is -5.86. The van der Waals surface area contributed by atoms with E-state index in [-0.39, 0.29) is 0 Å². The number of carboxylic acid groups (broad SMARTS) is 4. The van der Waals surface area contributed by atoms with Gasteiger partial charge >= 0.3 is 0 Å². The largest absolute Gasteiger partial charge is 0.481 e. The number of carboxylic acids is 4. The third-order valence-electron chi connectivity index (χ3n) is 0.440. The summed E-state index contributed by atoms with van der Waals surface area (Å²) in [4.78, 5) is 36.0. The maximum atomic E-state index is 9.00. The van der Waals surface area contributed by atoms with Crippen LogP contribution in [0, 0.1) is 0 Å². The molecule has 0 saturated carbocycles. The number of hydrogen-bond donors (Lipinski definition) is 8. The molecule has 0 fully saturated rings. The summed E-state index contributed by atoms with van der Waals surface area (Å²) in [6.07, 6.45) is 0. The third-order valence-corrected chi connectivity index (χ3v) is 0.440. The fourth-order valence-corrected chi connectivity index (χ4v) is 0.474. The van der Waals surface area contributed by atoms with Crippen molar-refractivity contribution in [3.8, 4) is 0 Å². The summed E-state index contributed by atoms with van der Waals surface area (Å²) >= 11 is 0. The molecule has 0 aliphatic rings. The summed E-state index contributed by atoms with van der Waals surface area (Å²) in [5.41, 5.74) is 20.9. The summed E-state index contributed by atoms with van der Waals surface area (Å²) in [7, 11) is 0. The Kier molecular flexibility index (Phi) is 24.6. The van der Waals surface area contributed by atoms with Crippen molar-refractivity contribution in [1.29, 1.82) is 0 Å². The van der Waals surface area contributed by atoms with E-state index in [1.54, 1.807) is 0 Å². The molecular weight excluding hydrogens is 344 g/mol. The molecule has 0 aromatic rings. The maximum Gasteiger partial charge on any atom is 0.300 e. The lowest BCUT2D eigenvalue weighted by Gasteiger charge is -2.28. The van der Waals surface area contributed by atoms with Crippen LogP contribution in [0.2, 0.25) is 0 Å². The minimum Gasteiger partial charge on any atom is -0.481 e.